The molecule has 2 heterocycles. The third-order valence-electron chi connectivity index (χ3n) is 5.68. The zero-order valence-electron chi connectivity index (χ0n) is 18.7. The Hall–Kier alpha value is -4.12. The van der Waals surface area contributed by atoms with Crippen molar-refractivity contribution in [3.63, 3.8) is 0 Å². The predicted octanol–water partition coefficient (Wildman–Crippen LogP) is 2.95. The number of benzene rings is 2. The molecule has 0 saturated carbocycles. The Morgan fingerprint density at radius 2 is 1.84 bits per heavy atom. The number of hydrogen-bond acceptors (Lipinski definition) is 5. The Kier molecular flexibility index (Phi) is 5.41. The van der Waals surface area contributed by atoms with E-state index in [1.807, 2.05) is 42.8 Å². The molecule has 0 saturated heterocycles. The van der Waals surface area contributed by atoms with Gasteiger partial charge in [-0.3, -0.25) is 0 Å². The van der Waals surface area contributed by atoms with Crippen molar-refractivity contribution in [1.82, 2.24) is 29.6 Å². The van der Waals surface area contributed by atoms with E-state index in [-0.39, 0.29) is 12.3 Å². The quantitative estimate of drug-likeness (QED) is 0.457. The molecule has 0 N–H and O–H groups in total. The van der Waals surface area contributed by atoms with Crippen LogP contribution in [0.5, 0.6) is 5.75 Å². The Bertz CT molecular complexity index is 1420. The minimum absolute atomic E-state index is 0.178. The monoisotopic (exact) mass is 428 g/mol. The molecule has 0 atom stereocenters. The van der Waals surface area contributed by atoms with Crippen LogP contribution in [-0.4, -0.2) is 29.6 Å². The molecule has 4 rings (SSSR count). The number of ether oxygens (including phenoxy) is 1. The van der Waals surface area contributed by atoms with Crippen LogP contribution in [0.1, 0.15) is 33.6 Å². The molecule has 0 bridgehead atoms. The average Bonchev–Trinajstić information content (AvgIpc) is 3.25. The van der Waals surface area contributed by atoms with Crippen LogP contribution < -0.4 is 10.4 Å². The van der Waals surface area contributed by atoms with Gasteiger partial charge in [0.25, 0.3) is 0 Å². The molecule has 8 nitrogen and oxygen atoms in total. The minimum atomic E-state index is -0.360. The highest BCUT2D eigenvalue weighted by Gasteiger charge is 2.16. The molecule has 2 aromatic carbocycles. The fourth-order valence-corrected chi connectivity index (χ4v) is 3.57. The Morgan fingerprint density at radius 1 is 1.06 bits per heavy atom. The number of terminal acetylenes is 1. The SMILES string of the molecule is C#Cc1cccc(-n2nnn(C)c2=O)c1COc1ccc(-n2nc(C)c(C)c2C)cc1C. The van der Waals surface area contributed by atoms with E-state index in [1.54, 1.807) is 19.2 Å². The van der Waals surface area contributed by atoms with Gasteiger partial charge in [0, 0.05) is 23.9 Å². The van der Waals surface area contributed by atoms with Gasteiger partial charge >= 0.3 is 5.69 Å². The number of aryl methyl sites for hydroxylation is 3. The summed E-state index contributed by atoms with van der Waals surface area (Å²) in [4.78, 5) is 12.4. The van der Waals surface area contributed by atoms with Gasteiger partial charge in [0.05, 0.1) is 17.1 Å². The maximum atomic E-state index is 12.4. The molecule has 8 heteroatoms. The normalized spacial score (nSPS) is 10.9. The van der Waals surface area contributed by atoms with Crippen LogP contribution in [0, 0.1) is 40.0 Å². The molecule has 0 aliphatic rings. The first-order valence-electron chi connectivity index (χ1n) is 10.2. The van der Waals surface area contributed by atoms with Crippen LogP contribution in [0.4, 0.5) is 0 Å². The molecule has 32 heavy (non-hydrogen) atoms. The van der Waals surface area contributed by atoms with Crippen molar-refractivity contribution in [2.75, 3.05) is 0 Å². The molecule has 0 radical (unpaired) electrons. The summed E-state index contributed by atoms with van der Waals surface area (Å²) in [5.74, 6) is 3.38. The van der Waals surface area contributed by atoms with Crippen molar-refractivity contribution < 1.29 is 4.74 Å². The summed E-state index contributed by atoms with van der Waals surface area (Å²) in [6.07, 6.45) is 5.71. The van der Waals surface area contributed by atoms with Crippen LogP contribution in [-0.2, 0) is 13.7 Å². The minimum Gasteiger partial charge on any atom is -0.489 e. The lowest BCUT2D eigenvalue weighted by molar-refractivity contribution is 0.303. The summed E-state index contributed by atoms with van der Waals surface area (Å²) in [5.41, 5.74) is 6.75. The lowest BCUT2D eigenvalue weighted by atomic mass is 10.1. The van der Waals surface area contributed by atoms with Crippen LogP contribution >= 0.6 is 0 Å². The summed E-state index contributed by atoms with van der Waals surface area (Å²) >= 11 is 0. The Morgan fingerprint density at radius 3 is 2.44 bits per heavy atom. The van der Waals surface area contributed by atoms with Crippen LogP contribution in [0.3, 0.4) is 0 Å². The van der Waals surface area contributed by atoms with E-state index in [0.29, 0.717) is 16.8 Å². The fraction of sp³-hybridized carbons (Fsp3) is 0.250. The Labute approximate surface area is 186 Å². The smallest absolute Gasteiger partial charge is 0.368 e. The van der Waals surface area contributed by atoms with Crippen molar-refractivity contribution in [3.8, 4) is 29.5 Å². The summed E-state index contributed by atoms with van der Waals surface area (Å²) in [6.45, 7) is 8.30. The maximum absolute atomic E-state index is 12.4. The molecule has 0 aliphatic heterocycles. The average molecular weight is 428 g/mol. The molecule has 162 valence electrons. The molecule has 0 amide bonds. The molecule has 0 unspecified atom stereocenters. The largest absolute Gasteiger partial charge is 0.489 e. The number of tetrazole rings is 1. The second kappa shape index (κ2) is 8.19. The van der Waals surface area contributed by atoms with Gasteiger partial charge in [0.1, 0.15) is 12.4 Å². The zero-order chi connectivity index (χ0) is 23.0. The first-order valence-corrected chi connectivity index (χ1v) is 10.2. The Balaban J connectivity index is 1.66. The highest BCUT2D eigenvalue weighted by atomic mass is 16.5. The van der Waals surface area contributed by atoms with Gasteiger partial charge in [0.15, 0.2) is 0 Å². The van der Waals surface area contributed by atoms with Crippen molar-refractivity contribution in [1.29, 1.82) is 0 Å². The molecular weight excluding hydrogens is 404 g/mol. The first-order chi connectivity index (χ1) is 15.3. The van der Waals surface area contributed by atoms with E-state index in [1.165, 1.54) is 10.2 Å². The van der Waals surface area contributed by atoms with Crippen LogP contribution in [0.15, 0.2) is 41.2 Å². The van der Waals surface area contributed by atoms with E-state index in [4.69, 9.17) is 11.2 Å². The second-order valence-corrected chi connectivity index (χ2v) is 7.69. The number of hydrogen-bond donors (Lipinski definition) is 0. The predicted molar refractivity (Wildman–Crippen MR) is 121 cm³/mol. The molecule has 0 aliphatic carbocycles. The zero-order valence-corrected chi connectivity index (χ0v) is 18.7. The maximum Gasteiger partial charge on any atom is 0.368 e. The topological polar surface area (TPSA) is 79.8 Å². The summed E-state index contributed by atoms with van der Waals surface area (Å²) in [6, 6.07) is 11.3. The van der Waals surface area contributed by atoms with Gasteiger partial charge in [-0.2, -0.15) is 14.5 Å². The molecule has 2 aromatic heterocycles. The van der Waals surface area contributed by atoms with Gasteiger partial charge in [-0.15, -0.1) is 6.42 Å². The van der Waals surface area contributed by atoms with Crippen molar-refractivity contribution in [2.45, 2.75) is 34.3 Å². The lowest BCUT2D eigenvalue weighted by Gasteiger charge is -2.15. The van der Waals surface area contributed by atoms with Gasteiger partial charge in [0.2, 0.25) is 0 Å². The van der Waals surface area contributed by atoms with E-state index in [9.17, 15) is 4.79 Å². The standard InChI is InChI=1S/C24H24N6O2/c1-7-19-9-8-10-22(30-24(31)28(6)26-27-30)21(19)14-32-23-12-11-20(13-15(23)2)29-18(5)16(3)17(4)25-29/h1,8-13H,14H2,2-6H3. The summed E-state index contributed by atoms with van der Waals surface area (Å²) in [5, 5.41) is 12.4. The number of nitrogens with zero attached hydrogens (tertiary/aromatic N) is 6. The van der Waals surface area contributed by atoms with Crippen molar-refractivity contribution >= 4 is 0 Å². The molecule has 4 aromatic rings. The van der Waals surface area contributed by atoms with Gasteiger partial charge in [-0.05, 0) is 79.6 Å². The fourth-order valence-electron chi connectivity index (χ4n) is 3.57. The number of aromatic nitrogens is 6. The van der Waals surface area contributed by atoms with E-state index in [0.717, 1.165) is 33.1 Å². The van der Waals surface area contributed by atoms with E-state index < -0.39 is 0 Å². The summed E-state index contributed by atoms with van der Waals surface area (Å²) in [7, 11) is 1.54. The summed E-state index contributed by atoms with van der Waals surface area (Å²) < 4.78 is 10.5. The van der Waals surface area contributed by atoms with Crippen molar-refractivity contribution in [3.05, 3.63) is 80.5 Å². The highest BCUT2D eigenvalue weighted by Crippen LogP contribution is 2.26. The third kappa shape index (κ3) is 3.58. The van der Waals surface area contributed by atoms with Crippen LogP contribution in [0.25, 0.3) is 11.4 Å². The highest BCUT2D eigenvalue weighted by molar-refractivity contribution is 5.52. The van der Waals surface area contributed by atoms with E-state index in [2.05, 4.69) is 35.3 Å². The molecular formula is C24H24N6O2. The third-order valence-corrected chi connectivity index (χ3v) is 5.68. The second-order valence-electron chi connectivity index (χ2n) is 7.69. The number of rotatable bonds is 5. The van der Waals surface area contributed by atoms with Gasteiger partial charge < -0.3 is 4.74 Å². The van der Waals surface area contributed by atoms with Gasteiger partial charge in [-0.1, -0.05) is 12.0 Å². The molecule has 0 spiro atoms. The van der Waals surface area contributed by atoms with Crippen LogP contribution in [0.2, 0.25) is 0 Å². The molecule has 0 fully saturated rings. The van der Waals surface area contributed by atoms with Crippen molar-refractivity contribution in [2.24, 2.45) is 7.05 Å². The van der Waals surface area contributed by atoms with Gasteiger partial charge in [-0.25, -0.2) is 9.48 Å². The lowest BCUT2D eigenvalue weighted by Crippen LogP contribution is -2.23. The first kappa shape index (κ1) is 21.1. The van der Waals surface area contributed by atoms with E-state index >= 15 is 0 Å².